The molecule has 0 aromatic rings. The van der Waals surface area contributed by atoms with E-state index in [0.717, 1.165) is 6.26 Å². The van der Waals surface area contributed by atoms with Crippen LogP contribution in [0.25, 0.3) is 0 Å². The van der Waals surface area contributed by atoms with Gasteiger partial charge in [0.1, 0.15) is 0 Å². The smallest absolute Gasteiger partial charge is 0.332 e. The normalized spacial score (nSPS) is 20.3. The van der Waals surface area contributed by atoms with Crippen LogP contribution in [-0.4, -0.2) is 65.4 Å². The van der Waals surface area contributed by atoms with Crippen molar-refractivity contribution in [1.82, 2.24) is 4.90 Å². The summed E-state index contributed by atoms with van der Waals surface area (Å²) in [5.74, 6) is 0.00640. The zero-order valence-electron chi connectivity index (χ0n) is 14.9. The van der Waals surface area contributed by atoms with Crippen LogP contribution in [0, 0.1) is 0 Å². The van der Waals surface area contributed by atoms with Gasteiger partial charge in [-0.25, -0.2) is 0 Å². The van der Waals surface area contributed by atoms with Crippen LogP contribution in [0.5, 0.6) is 0 Å². The average Bonchev–Trinajstić information content (AvgIpc) is 2.64. The van der Waals surface area contributed by atoms with E-state index in [1.165, 1.54) is 0 Å². The number of rotatable bonds is 8. The Morgan fingerprint density at radius 2 is 1.91 bits per heavy atom. The van der Waals surface area contributed by atoms with E-state index in [4.69, 9.17) is 13.0 Å². The van der Waals surface area contributed by atoms with E-state index in [9.17, 15) is 13.2 Å². The predicted octanol–water partition coefficient (Wildman–Crippen LogP) is 1.49. The zero-order valence-corrected chi connectivity index (χ0v) is 16.7. The Hall–Kier alpha value is -0.483. The Labute approximate surface area is 140 Å². The van der Waals surface area contributed by atoms with E-state index in [1.807, 2.05) is 33.9 Å². The second kappa shape index (κ2) is 7.60. The molecule has 0 unspecified atom stereocenters. The summed E-state index contributed by atoms with van der Waals surface area (Å²) in [7, 11) is -5.77. The van der Waals surface area contributed by atoms with Crippen LogP contribution in [0.3, 0.4) is 0 Å². The third-order valence-electron chi connectivity index (χ3n) is 3.26. The lowest BCUT2D eigenvalue weighted by Crippen LogP contribution is -2.46. The highest BCUT2D eigenvalue weighted by Crippen LogP contribution is 2.22. The van der Waals surface area contributed by atoms with Gasteiger partial charge in [-0.05, 0) is 40.3 Å². The molecular formula is C14H29NO6SSi. The van der Waals surface area contributed by atoms with Gasteiger partial charge in [0.15, 0.2) is 0 Å². The minimum absolute atomic E-state index is 0.00640. The molecule has 136 valence electrons. The molecule has 0 spiro atoms. The maximum Gasteiger partial charge on any atom is 0.332 e. The monoisotopic (exact) mass is 367 g/mol. The fourth-order valence-corrected chi connectivity index (χ4v) is 5.13. The molecule has 0 aromatic heterocycles. The van der Waals surface area contributed by atoms with Gasteiger partial charge in [-0.2, -0.15) is 8.42 Å². The molecule has 1 saturated heterocycles. The lowest BCUT2D eigenvalue weighted by atomic mass is 10.2. The first kappa shape index (κ1) is 20.6. The van der Waals surface area contributed by atoms with E-state index in [0.29, 0.717) is 19.4 Å². The molecule has 0 radical (unpaired) electrons. The van der Waals surface area contributed by atoms with Crippen molar-refractivity contribution in [1.29, 1.82) is 0 Å². The molecule has 0 aromatic carbocycles. The summed E-state index contributed by atoms with van der Waals surface area (Å²) in [6.45, 7) is 10.5. The summed E-state index contributed by atoms with van der Waals surface area (Å²) >= 11 is 0. The number of hydrogen-bond donors (Lipinski definition) is 0. The summed E-state index contributed by atoms with van der Waals surface area (Å²) in [5, 5.41) is 0. The third kappa shape index (κ3) is 8.25. The minimum atomic E-state index is -3.49. The Balaban J connectivity index is 2.52. The molecule has 1 rings (SSSR count). The number of carbonyl (C=O) groups is 1. The summed E-state index contributed by atoms with van der Waals surface area (Å²) in [5.41, 5.74) is -0.274. The first-order valence-electron chi connectivity index (χ1n) is 7.77. The van der Waals surface area contributed by atoms with Crippen molar-refractivity contribution >= 4 is 24.6 Å². The maximum atomic E-state index is 11.9. The van der Waals surface area contributed by atoms with Gasteiger partial charge >= 0.3 is 8.56 Å². The quantitative estimate of drug-likeness (QED) is 0.477. The number of amides is 1. The zero-order chi connectivity index (χ0) is 17.9. The SMILES string of the molecule is CC(C)(C)O[Si](C)(C)OC[C@H]1CCC(=O)N1CCOS(C)(=O)=O. The lowest BCUT2D eigenvalue weighted by molar-refractivity contribution is -0.129. The van der Waals surface area contributed by atoms with Crippen molar-refractivity contribution in [2.45, 2.75) is 58.3 Å². The van der Waals surface area contributed by atoms with Crippen LogP contribution in [0.1, 0.15) is 33.6 Å². The maximum absolute atomic E-state index is 11.9. The molecule has 1 amide bonds. The fraction of sp³-hybridized carbons (Fsp3) is 0.929. The van der Waals surface area contributed by atoms with Gasteiger partial charge in [-0.3, -0.25) is 8.98 Å². The summed E-state index contributed by atoms with van der Waals surface area (Å²) in [4.78, 5) is 13.6. The molecule has 1 atom stereocenters. The Bertz CT molecular complexity index is 514. The molecule has 0 saturated carbocycles. The average molecular weight is 368 g/mol. The van der Waals surface area contributed by atoms with E-state index in [1.54, 1.807) is 4.90 Å². The van der Waals surface area contributed by atoms with Gasteiger partial charge in [-0.1, -0.05) is 0 Å². The molecule has 1 heterocycles. The van der Waals surface area contributed by atoms with Crippen molar-refractivity contribution in [2.24, 2.45) is 0 Å². The lowest BCUT2D eigenvalue weighted by Gasteiger charge is -2.33. The van der Waals surface area contributed by atoms with Crippen LogP contribution in [0.4, 0.5) is 0 Å². The third-order valence-corrected chi connectivity index (χ3v) is 5.82. The Kier molecular flexibility index (Phi) is 6.80. The second-order valence-electron chi connectivity index (χ2n) is 7.23. The Morgan fingerprint density at radius 3 is 2.43 bits per heavy atom. The first-order valence-corrected chi connectivity index (χ1v) is 12.4. The number of carbonyl (C=O) groups excluding carboxylic acids is 1. The largest absolute Gasteiger partial charge is 0.392 e. The highest BCUT2D eigenvalue weighted by Gasteiger charge is 2.35. The first-order chi connectivity index (χ1) is 10.3. The Morgan fingerprint density at radius 1 is 1.30 bits per heavy atom. The molecule has 7 nitrogen and oxygen atoms in total. The minimum Gasteiger partial charge on any atom is -0.392 e. The molecule has 0 aliphatic carbocycles. The number of nitrogens with zero attached hydrogens (tertiary/aromatic N) is 1. The van der Waals surface area contributed by atoms with Gasteiger partial charge in [-0.15, -0.1) is 0 Å². The van der Waals surface area contributed by atoms with E-state index in [-0.39, 0.29) is 30.7 Å². The van der Waals surface area contributed by atoms with Crippen LogP contribution < -0.4 is 0 Å². The molecule has 0 N–H and O–H groups in total. The summed E-state index contributed by atoms with van der Waals surface area (Å²) < 4.78 is 38.7. The molecule has 1 aliphatic heterocycles. The van der Waals surface area contributed by atoms with Gasteiger partial charge in [0.05, 0.1) is 31.1 Å². The topological polar surface area (TPSA) is 82.1 Å². The van der Waals surface area contributed by atoms with Gasteiger partial charge in [0.25, 0.3) is 10.1 Å². The molecule has 0 bridgehead atoms. The van der Waals surface area contributed by atoms with Gasteiger partial charge in [0, 0.05) is 13.0 Å². The van der Waals surface area contributed by atoms with E-state index >= 15 is 0 Å². The van der Waals surface area contributed by atoms with Crippen LogP contribution in [0.15, 0.2) is 0 Å². The van der Waals surface area contributed by atoms with Crippen molar-refractivity contribution < 1.29 is 26.2 Å². The molecule has 9 heteroatoms. The predicted molar refractivity (Wildman–Crippen MR) is 89.8 cm³/mol. The molecule has 23 heavy (non-hydrogen) atoms. The van der Waals surface area contributed by atoms with Crippen LogP contribution in [-0.2, 0) is 27.9 Å². The van der Waals surface area contributed by atoms with Gasteiger partial charge < -0.3 is 13.8 Å². The summed E-state index contributed by atoms with van der Waals surface area (Å²) in [6, 6.07) is -0.0546. The highest BCUT2D eigenvalue weighted by molar-refractivity contribution is 7.85. The number of hydrogen-bond acceptors (Lipinski definition) is 6. The van der Waals surface area contributed by atoms with Gasteiger partial charge in [0.2, 0.25) is 5.91 Å². The number of likely N-dealkylation sites (tertiary alicyclic amines) is 1. The van der Waals surface area contributed by atoms with Crippen molar-refractivity contribution in [3.8, 4) is 0 Å². The van der Waals surface area contributed by atoms with Crippen molar-refractivity contribution in [3.63, 3.8) is 0 Å². The summed E-state index contributed by atoms with van der Waals surface area (Å²) in [6.07, 6.45) is 2.16. The second-order valence-corrected chi connectivity index (χ2v) is 12.2. The molecule has 1 aliphatic rings. The van der Waals surface area contributed by atoms with E-state index < -0.39 is 18.7 Å². The standard InChI is InChI=1S/C14H29NO6SSi/c1-14(2,3)21-23(5,6)20-11-12-7-8-13(16)15(12)9-10-19-22(4,17)18/h12H,7-11H2,1-6H3/t12-/m1/s1. The van der Waals surface area contributed by atoms with Crippen LogP contribution >= 0.6 is 0 Å². The molecular weight excluding hydrogens is 338 g/mol. The van der Waals surface area contributed by atoms with Crippen molar-refractivity contribution in [3.05, 3.63) is 0 Å². The van der Waals surface area contributed by atoms with E-state index in [2.05, 4.69) is 0 Å². The van der Waals surface area contributed by atoms with Crippen LogP contribution in [0.2, 0.25) is 13.1 Å². The van der Waals surface area contributed by atoms with Crippen molar-refractivity contribution in [2.75, 3.05) is 26.0 Å². The highest BCUT2D eigenvalue weighted by atomic mass is 32.2. The fourth-order valence-electron chi connectivity index (χ4n) is 2.62. The molecule has 1 fully saturated rings.